The van der Waals surface area contributed by atoms with E-state index in [4.69, 9.17) is 26.2 Å². The monoisotopic (exact) mass is 568 g/mol. The highest BCUT2D eigenvalue weighted by Gasteiger charge is 2.32. The number of benzene rings is 2. The topological polar surface area (TPSA) is 108 Å². The molecule has 0 atom stereocenters. The minimum Gasteiger partial charge on any atom is -0.494 e. The van der Waals surface area contributed by atoms with Crippen LogP contribution in [0.1, 0.15) is 24.5 Å². The maximum absolute atomic E-state index is 13.5. The Balaban J connectivity index is 1.67. The molecule has 4 rings (SSSR count). The molecular formula is C25H20ClF3N2O6S. The number of ether oxygens (including phenoxy) is 2. The van der Waals surface area contributed by atoms with E-state index in [9.17, 15) is 26.4 Å². The van der Waals surface area contributed by atoms with E-state index >= 15 is 0 Å². The average molecular weight is 569 g/mol. The third-order valence-corrected chi connectivity index (χ3v) is 7.43. The van der Waals surface area contributed by atoms with Gasteiger partial charge < -0.3 is 14.6 Å². The van der Waals surface area contributed by atoms with Crippen LogP contribution in [0.25, 0.3) is 10.9 Å². The lowest BCUT2D eigenvalue weighted by Crippen LogP contribution is -2.12. The van der Waals surface area contributed by atoms with E-state index in [1.807, 2.05) is 0 Å². The Bertz CT molecular complexity index is 1600. The summed E-state index contributed by atoms with van der Waals surface area (Å²) in [5.41, 5.74) is -0.181. The van der Waals surface area contributed by atoms with Crippen molar-refractivity contribution >= 4 is 38.5 Å². The number of fused-ring (bicyclic) bond motifs is 1. The SMILES string of the molecule is CCOc1ccc2c(CCC(=O)O)cn(S(=O)(=O)c3ccc(Oc4ncc(C(F)(F)F)cc4Cl)cc3)c2c1. The van der Waals surface area contributed by atoms with Gasteiger partial charge in [0, 0.05) is 30.3 Å². The average Bonchev–Trinajstić information content (AvgIpc) is 3.22. The standard InChI is InChI=1S/C25H20ClF3N2O6S/c1-2-36-18-6-9-20-15(3-10-23(32)33)14-31(22(20)12-18)38(34,35)19-7-4-17(5-8-19)37-24-21(26)11-16(13-30-24)25(27,28)29/h4-9,11-14H,2-3,10H2,1H3,(H,32,33). The first-order valence-corrected chi connectivity index (χ1v) is 13.0. The third kappa shape index (κ3) is 5.70. The molecule has 1 N–H and O–H groups in total. The molecule has 0 saturated heterocycles. The first-order chi connectivity index (χ1) is 17.9. The van der Waals surface area contributed by atoms with E-state index in [-0.39, 0.29) is 34.4 Å². The number of halogens is 4. The van der Waals surface area contributed by atoms with Crippen molar-refractivity contribution in [1.29, 1.82) is 0 Å². The van der Waals surface area contributed by atoms with Crippen molar-refractivity contribution in [3.63, 3.8) is 0 Å². The number of nitrogens with zero attached hydrogens (tertiary/aromatic N) is 2. The van der Waals surface area contributed by atoms with Gasteiger partial charge in [-0.25, -0.2) is 17.4 Å². The molecule has 2 aromatic heterocycles. The zero-order valence-electron chi connectivity index (χ0n) is 19.7. The van der Waals surface area contributed by atoms with Gasteiger partial charge >= 0.3 is 12.1 Å². The molecule has 4 aromatic rings. The highest BCUT2D eigenvalue weighted by Crippen LogP contribution is 2.35. The Kier molecular flexibility index (Phi) is 7.56. The molecule has 2 aromatic carbocycles. The first kappa shape index (κ1) is 27.3. The molecule has 38 heavy (non-hydrogen) atoms. The summed E-state index contributed by atoms with van der Waals surface area (Å²) >= 11 is 5.87. The molecule has 200 valence electrons. The van der Waals surface area contributed by atoms with Crippen molar-refractivity contribution in [2.45, 2.75) is 30.8 Å². The fraction of sp³-hybridized carbons (Fsp3) is 0.200. The number of carbonyl (C=O) groups is 1. The minimum absolute atomic E-state index is 0.0938. The summed E-state index contributed by atoms with van der Waals surface area (Å²) in [5.74, 6) is -0.753. The maximum atomic E-state index is 13.5. The first-order valence-electron chi connectivity index (χ1n) is 11.1. The van der Waals surface area contributed by atoms with E-state index in [2.05, 4.69) is 4.98 Å². The van der Waals surface area contributed by atoms with Crippen LogP contribution in [-0.4, -0.2) is 35.1 Å². The second-order valence-electron chi connectivity index (χ2n) is 8.04. The van der Waals surface area contributed by atoms with Crippen LogP contribution in [0.2, 0.25) is 5.02 Å². The fourth-order valence-electron chi connectivity index (χ4n) is 3.70. The van der Waals surface area contributed by atoms with E-state index < -0.39 is 27.7 Å². The van der Waals surface area contributed by atoms with E-state index in [1.165, 1.54) is 30.5 Å². The molecule has 0 bridgehead atoms. The molecule has 0 radical (unpaired) electrons. The predicted octanol–water partition coefficient (Wildman–Crippen LogP) is 6.15. The molecule has 0 aliphatic heterocycles. The molecule has 13 heteroatoms. The van der Waals surface area contributed by atoms with Crippen LogP contribution >= 0.6 is 11.6 Å². The Morgan fingerprint density at radius 3 is 2.39 bits per heavy atom. The van der Waals surface area contributed by atoms with Gasteiger partial charge in [0.25, 0.3) is 10.0 Å². The molecule has 0 fully saturated rings. The Labute approximate surface area is 220 Å². The van der Waals surface area contributed by atoms with Crippen LogP contribution in [0.4, 0.5) is 13.2 Å². The largest absolute Gasteiger partial charge is 0.494 e. The van der Waals surface area contributed by atoms with Gasteiger partial charge in [-0.2, -0.15) is 13.2 Å². The van der Waals surface area contributed by atoms with Crippen LogP contribution in [0.15, 0.2) is 65.8 Å². The van der Waals surface area contributed by atoms with Gasteiger partial charge in [0.15, 0.2) is 0 Å². The lowest BCUT2D eigenvalue weighted by atomic mass is 10.1. The van der Waals surface area contributed by atoms with Crippen molar-refractivity contribution in [2.24, 2.45) is 0 Å². The molecule has 0 aliphatic carbocycles. The van der Waals surface area contributed by atoms with Gasteiger partial charge in [0.2, 0.25) is 5.88 Å². The molecule has 0 saturated carbocycles. The maximum Gasteiger partial charge on any atom is 0.417 e. The Morgan fingerprint density at radius 1 is 1.11 bits per heavy atom. The molecule has 8 nitrogen and oxygen atoms in total. The third-order valence-electron chi connectivity index (χ3n) is 5.47. The number of aromatic nitrogens is 2. The van der Waals surface area contributed by atoms with Crippen LogP contribution in [-0.2, 0) is 27.4 Å². The van der Waals surface area contributed by atoms with Gasteiger partial charge in [0.1, 0.15) is 16.5 Å². The van der Waals surface area contributed by atoms with Crippen molar-refractivity contribution in [1.82, 2.24) is 8.96 Å². The van der Waals surface area contributed by atoms with E-state index in [0.29, 0.717) is 41.1 Å². The van der Waals surface area contributed by atoms with Gasteiger partial charge in [-0.15, -0.1) is 0 Å². The van der Waals surface area contributed by atoms with Crippen molar-refractivity contribution in [2.75, 3.05) is 6.61 Å². The summed E-state index contributed by atoms with van der Waals surface area (Å²) in [7, 11) is -4.14. The minimum atomic E-state index is -4.62. The van der Waals surface area contributed by atoms with Gasteiger partial charge in [-0.1, -0.05) is 11.6 Å². The van der Waals surface area contributed by atoms with Gasteiger partial charge in [0.05, 0.1) is 22.6 Å². The van der Waals surface area contributed by atoms with Crippen LogP contribution in [0.3, 0.4) is 0 Å². The highest BCUT2D eigenvalue weighted by atomic mass is 35.5. The number of carboxylic acid groups (broad SMARTS) is 1. The lowest BCUT2D eigenvalue weighted by Gasteiger charge is -2.11. The van der Waals surface area contributed by atoms with Gasteiger partial charge in [-0.05, 0) is 61.4 Å². The van der Waals surface area contributed by atoms with Crippen LogP contribution < -0.4 is 9.47 Å². The summed E-state index contributed by atoms with van der Waals surface area (Å²) < 4.78 is 77.6. The highest BCUT2D eigenvalue weighted by molar-refractivity contribution is 7.90. The number of aliphatic carboxylic acids is 1. The second-order valence-corrected chi connectivity index (χ2v) is 10.3. The lowest BCUT2D eigenvalue weighted by molar-refractivity contribution is -0.138. The van der Waals surface area contributed by atoms with Crippen LogP contribution in [0.5, 0.6) is 17.4 Å². The smallest absolute Gasteiger partial charge is 0.417 e. The van der Waals surface area contributed by atoms with Gasteiger partial charge in [-0.3, -0.25) is 4.79 Å². The molecule has 0 spiro atoms. The quantitative estimate of drug-likeness (QED) is 0.258. The predicted molar refractivity (Wildman–Crippen MR) is 132 cm³/mol. The fourth-order valence-corrected chi connectivity index (χ4v) is 5.29. The normalized spacial score (nSPS) is 12.0. The zero-order valence-corrected chi connectivity index (χ0v) is 21.3. The van der Waals surface area contributed by atoms with Crippen LogP contribution in [0, 0.1) is 0 Å². The van der Waals surface area contributed by atoms with Crippen molar-refractivity contribution in [3.8, 4) is 17.4 Å². The summed E-state index contributed by atoms with van der Waals surface area (Å²) in [6, 6.07) is 10.8. The number of hydrogen-bond acceptors (Lipinski definition) is 6. The van der Waals surface area contributed by atoms with Crippen molar-refractivity contribution in [3.05, 3.63) is 77.1 Å². The molecule has 2 heterocycles. The summed E-state index contributed by atoms with van der Waals surface area (Å²) in [4.78, 5) is 14.6. The van der Waals surface area contributed by atoms with E-state index in [1.54, 1.807) is 25.1 Å². The number of hydrogen-bond donors (Lipinski definition) is 1. The number of rotatable bonds is 9. The molecular weight excluding hydrogens is 549 g/mol. The summed E-state index contributed by atoms with van der Waals surface area (Å²) in [5, 5.41) is 9.29. The Hall–Kier alpha value is -3.77. The molecule has 0 unspecified atom stereocenters. The molecule has 0 aliphatic rings. The molecule has 0 amide bonds. The van der Waals surface area contributed by atoms with Crippen molar-refractivity contribution < 1.29 is 41.0 Å². The Morgan fingerprint density at radius 2 is 1.79 bits per heavy atom. The summed E-state index contributed by atoms with van der Waals surface area (Å²) in [6.07, 6.45) is -2.72. The van der Waals surface area contributed by atoms with E-state index in [0.717, 1.165) is 3.97 Å². The number of alkyl halides is 3. The zero-order chi connectivity index (χ0) is 27.7. The second kappa shape index (κ2) is 10.5. The number of aryl methyl sites for hydroxylation is 1. The number of carboxylic acids is 1. The summed E-state index contributed by atoms with van der Waals surface area (Å²) in [6.45, 7) is 2.15. The number of pyridine rings is 1.